The van der Waals surface area contributed by atoms with E-state index in [0.29, 0.717) is 12.1 Å². The zero-order valence-electron chi connectivity index (χ0n) is 9.42. The first-order valence-corrected chi connectivity index (χ1v) is 5.08. The molecule has 1 atom stereocenters. The number of rotatable bonds is 7. The molecule has 3 nitrogen and oxygen atoms in total. The molecule has 0 rings (SSSR count). The van der Waals surface area contributed by atoms with Gasteiger partial charge in [-0.3, -0.25) is 0 Å². The first-order chi connectivity index (χ1) is 6.02. The smallest absolute Gasteiger partial charge is 0.0596 e. The van der Waals surface area contributed by atoms with Crippen LogP contribution < -0.4 is 5.73 Å². The van der Waals surface area contributed by atoms with Crippen LogP contribution in [0.15, 0.2) is 0 Å². The molecule has 0 bridgehead atoms. The Morgan fingerprint density at radius 3 is 2.31 bits per heavy atom. The number of nitrogens with two attached hydrogens (primary N) is 1. The SMILES string of the molecule is CC(N)CCN(C)CCOC(C)C. The minimum Gasteiger partial charge on any atom is -0.377 e. The van der Waals surface area contributed by atoms with Crippen molar-refractivity contribution in [1.29, 1.82) is 0 Å². The van der Waals surface area contributed by atoms with Crippen LogP contribution in [0.25, 0.3) is 0 Å². The lowest BCUT2D eigenvalue weighted by Crippen LogP contribution is -2.29. The lowest BCUT2D eigenvalue weighted by atomic mass is 10.2. The molecule has 1 unspecified atom stereocenters. The molecule has 0 aromatic rings. The van der Waals surface area contributed by atoms with Crippen LogP contribution in [-0.2, 0) is 4.74 Å². The Kier molecular flexibility index (Phi) is 7.23. The van der Waals surface area contributed by atoms with Crippen LogP contribution in [0.2, 0.25) is 0 Å². The van der Waals surface area contributed by atoms with Gasteiger partial charge in [0.2, 0.25) is 0 Å². The number of hydrogen-bond donors (Lipinski definition) is 1. The van der Waals surface area contributed by atoms with E-state index in [-0.39, 0.29) is 0 Å². The van der Waals surface area contributed by atoms with Crippen molar-refractivity contribution in [2.24, 2.45) is 5.73 Å². The van der Waals surface area contributed by atoms with Gasteiger partial charge in [0, 0.05) is 12.6 Å². The van der Waals surface area contributed by atoms with Crippen LogP contribution in [0, 0.1) is 0 Å². The number of nitrogens with zero attached hydrogens (tertiary/aromatic N) is 1. The minimum absolute atomic E-state index is 0.300. The summed E-state index contributed by atoms with van der Waals surface area (Å²) in [5, 5.41) is 0. The number of likely N-dealkylation sites (N-methyl/N-ethyl adjacent to an activating group) is 1. The first kappa shape index (κ1) is 12.9. The molecule has 0 aromatic heterocycles. The van der Waals surface area contributed by atoms with Crippen molar-refractivity contribution in [3.63, 3.8) is 0 Å². The number of hydrogen-bond acceptors (Lipinski definition) is 3. The molecule has 0 spiro atoms. The monoisotopic (exact) mass is 188 g/mol. The van der Waals surface area contributed by atoms with Gasteiger partial charge in [0.05, 0.1) is 12.7 Å². The Balaban J connectivity index is 3.25. The molecule has 0 fully saturated rings. The van der Waals surface area contributed by atoms with Crippen molar-refractivity contribution in [3.8, 4) is 0 Å². The van der Waals surface area contributed by atoms with Crippen LogP contribution in [0.1, 0.15) is 27.2 Å². The van der Waals surface area contributed by atoms with Gasteiger partial charge in [-0.25, -0.2) is 0 Å². The summed E-state index contributed by atoms with van der Waals surface area (Å²) in [5.74, 6) is 0. The van der Waals surface area contributed by atoms with Crippen molar-refractivity contribution < 1.29 is 4.74 Å². The van der Waals surface area contributed by atoms with E-state index in [2.05, 4.69) is 25.8 Å². The third kappa shape index (κ3) is 9.80. The fourth-order valence-electron chi connectivity index (χ4n) is 0.980. The molecule has 0 heterocycles. The third-order valence-corrected chi connectivity index (χ3v) is 1.89. The molecule has 0 aliphatic carbocycles. The van der Waals surface area contributed by atoms with Crippen molar-refractivity contribution in [3.05, 3.63) is 0 Å². The molecule has 0 amide bonds. The van der Waals surface area contributed by atoms with Crippen LogP contribution >= 0.6 is 0 Å². The van der Waals surface area contributed by atoms with Gasteiger partial charge in [-0.15, -0.1) is 0 Å². The van der Waals surface area contributed by atoms with Gasteiger partial charge in [0.1, 0.15) is 0 Å². The van der Waals surface area contributed by atoms with E-state index in [1.54, 1.807) is 0 Å². The summed E-state index contributed by atoms with van der Waals surface area (Å²) in [4.78, 5) is 2.26. The number of ether oxygens (including phenoxy) is 1. The molecule has 0 aromatic carbocycles. The maximum Gasteiger partial charge on any atom is 0.0596 e. The van der Waals surface area contributed by atoms with Gasteiger partial charge in [-0.1, -0.05) is 0 Å². The topological polar surface area (TPSA) is 38.5 Å². The average molecular weight is 188 g/mol. The van der Waals surface area contributed by atoms with Gasteiger partial charge < -0.3 is 15.4 Å². The van der Waals surface area contributed by atoms with E-state index in [4.69, 9.17) is 10.5 Å². The van der Waals surface area contributed by atoms with Gasteiger partial charge in [0.25, 0.3) is 0 Å². The zero-order chi connectivity index (χ0) is 10.3. The summed E-state index contributed by atoms with van der Waals surface area (Å²) in [6.45, 7) is 9.01. The summed E-state index contributed by atoms with van der Waals surface area (Å²) in [7, 11) is 2.10. The summed E-state index contributed by atoms with van der Waals surface area (Å²) >= 11 is 0. The quantitative estimate of drug-likeness (QED) is 0.650. The molecule has 80 valence electrons. The highest BCUT2D eigenvalue weighted by atomic mass is 16.5. The van der Waals surface area contributed by atoms with E-state index in [1.807, 2.05) is 6.92 Å². The molecule has 0 saturated heterocycles. The highest BCUT2D eigenvalue weighted by Crippen LogP contribution is 1.93. The van der Waals surface area contributed by atoms with E-state index < -0.39 is 0 Å². The first-order valence-electron chi connectivity index (χ1n) is 5.08. The van der Waals surface area contributed by atoms with Crippen LogP contribution in [-0.4, -0.2) is 43.8 Å². The Bertz CT molecular complexity index is 115. The van der Waals surface area contributed by atoms with Crippen LogP contribution in [0.3, 0.4) is 0 Å². The largest absolute Gasteiger partial charge is 0.377 e. The van der Waals surface area contributed by atoms with Crippen molar-refractivity contribution >= 4 is 0 Å². The van der Waals surface area contributed by atoms with Crippen LogP contribution in [0.5, 0.6) is 0 Å². The van der Waals surface area contributed by atoms with Gasteiger partial charge in [0.15, 0.2) is 0 Å². The standard InChI is InChI=1S/C10H24N2O/c1-9(2)13-8-7-12(4)6-5-10(3)11/h9-10H,5-8,11H2,1-4H3. The van der Waals surface area contributed by atoms with Crippen LogP contribution in [0.4, 0.5) is 0 Å². The highest BCUT2D eigenvalue weighted by molar-refractivity contribution is 4.57. The summed E-state index contributed by atoms with van der Waals surface area (Å²) < 4.78 is 5.45. The van der Waals surface area contributed by atoms with Gasteiger partial charge >= 0.3 is 0 Å². The Labute approximate surface area is 82.2 Å². The molecular formula is C10H24N2O. The lowest BCUT2D eigenvalue weighted by molar-refractivity contribution is 0.0635. The second kappa shape index (κ2) is 7.30. The fourth-order valence-corrected chi connectivity index (χ4v) is 0.980. The van der Waals surface area contributed by atoms with Crippen molar-refractivity contribution in [2.75, 3.05) is 26.7 Å². The van der Waals surface area contributed by atoms with E-state index in [9.17, 15) is 0 Å². The van der Waals surface area contributed by atoms with Gasteiger partial charge in [-0.2, -0.15) is 0 Å². The molecule has 3 heteroatoms. The molecular weight excluding hydrogens is 164 g/mol. The maximum absolute atomic E-state index is 5.66. The average Bonchev–Trinajstić information content (AvgIpc) is 2.00. The zero-order valence-corrected chi connectivity index (χ0v) is 9.42. The van der Waals surface area contributed by atoms with Gasteiger partial charge in [-0.05, 0) is 40.8 Å². The summed E-state index contributed by atoms with van der Waals surface area (Å²) in [5.41, 5.74) is 5.66. The molecule has 0 radical (unpaired) electrons. The predicted molar refractivity (Wildman–Crippen MR) is 56.9 cm³/mol. The second-order valence-corrected chi connectivity index (χ2v) is 3.99. The Hall–Kier alpha value is -0.120. The molecule has 2 N–H and O–H groups in total. The Morgan fingerprint density at radius 1 is 1.23 bits per heavy atom. The molecule has 0 aliphatic rings. The van der Waals surface area contributed by atoms with E-state index >= 15 is 0 Å². The Morgan fingerprint density at radius 2 is 1.85 bits per heavy atom. The normalized spacial score (nSPS) is 14.1. The van der Waals surface area contributed by atoms with Crippen molar-refractivity contribution in [2.45, 2.75) is 39.3 Å². The summed E-state index contributed by atoms with van der Waals surface area (Å²) in [6, 6.07) is 0.300. The molecule has 13 heavy (non-hydrogen) atoms. The predicted octanol–water partition coefficient (Wildman–Crippen LogP) is 1.08. The van der Waals surface area contributed by atoms with Crippen molar-refractivity contribution in [1.82, 2.24) is 4.90 Å². The molecule has 0 saturated carbocycles. The highest BCUT2D eigenvalue weighted by Gasteiger charge is 2.01. The minimum atomic E-state index is 0.300. The fraction of sp³-hybridized carbons (Fsp3) is 1.00. The third-order valence-electron chi connectivity index (χ3n) is 1.89. The maximum atomic E-state index is 5.66. The van der Waals surface area contributed by atoms with E-state index in [0.717, 1.165) is 26.1 Å². The molecule has 0 aliphatic heterocycles. The van der Waals surface area contributed by atoms with E-state index in [1.165, 1.54) is 0 Å². The summed E-state index contributed by atoms with van der Waals surface area (Å²) in [6.07, 6.45) is 1.39. The second-order valence-electron chi connectivity index (χ2n) is 3.99. The lowest BCUT2D eigenvalue weighted by Gasteiger charge is -2.18.